The zero-order valence-corrected chi connectivity index (χ0v) is 16.9. The minimum atomic E-state index is 0. The fourth-order valence-corrected chi connectivity index (χ4v) is 6.43. The quantitative estimate of drug-likeness (QED) is 0.424. The molecule has 4 aliphatic rings. The molecule has 0 heteroatoms. The molecule has 6 atom stereocenters. The van der Waals surface area contributed by atoms with Gasteiger partial charge in [-0.3, -0.25) is 0 Å². The minimum Gasteiger partial charge on any atom is -0.0833 e. The molecule has 0 spiro atoms. The molecule has 1 fully saturated rings. The highest BCUT2D eigenvalue weighted by atomic mass is 14.6. The van der Waals surface area contributed by atoms with Crippen molar-refractivity contribution in [1.82, 2.24) is 0 Å². The first-order chi connectivity index (χ1) is 11.5. The van der Waals surface area contributed by atoms with E-state index < -0.39 is 0 Å². The van der Waals surface area contributed by atoms with Gasteiger partial charge in [-0.2, -0.15) is 0 Å². The van der Waals surface area contributed by atoms with Gasteiger partial charge in [-0.15, -0.1) is 0 Å². The predicted octanol–water partition coefficient (Wildman–Crippen LogP) is 7.97. The Morgan fingerprint density at radius 3 is 2.52 bits per heavy atom. The Kier molecular flexibility index (Phi) is 6.12. The SMILES string of the molecule is C.CC.CCC1CCC2C3C=CC4=CC(C)CCC4(C)C3=CCC12C. The van der Waals surface area contributed by atoms with Crippen molar-refractivity contribution in [1.29, 1.82) is 0 Å². The normalized spacial score (nSPS) is 44.1. The van der Waals surface area contributed by atoms with Crippen LogP contribution in [0.15, 0.2) is 35.5 Å². The molecule has 0 aromatic carbocycles. The van der Waals surface area contributed by atoms with Crippen molar-refractivity contribution in [2.75, 3.05) is 0 Å². The highest BCUT2D eigenvalue weighted by molar-refractivity contribution is 5.46. The number of rotatable bonds is 1. The average Bonchev–Trinajstić information content (AvgIpc) is 2.93. The lowest BCUT2D eigenvalue weighted by molar-refractivity contribution is 0.110. The molecule has 0 radical (unpaired) electrons. The Balaban J connectivity index is 0.000000726. The zero-order chi connectivity index (χ0) is 17.5. The van der Waals surface area contributed by atoms with Gasteiger partial charge in [0.2, 0.25) is 0 Å². The van der Waals surface area contributed by atoms with Crippen LogP contribution in [-0.2, 0) is 0 Å². The molecule has 0 N–H and O–H groups in total. The number of hydrogen-bond acceptors (Lipinski definition) is 0. The third kappa shape index (κ3) is 2.98. The van der Waals surface area contributed by atoms with E-state index in [4.69, 9.17) is 0 Å². The van der Waals surface area contributed by atoms with Crippen LogP contribution in [0, 0.1) is 34.5 Å². The Bertz CT molecular complexity index is 563. The molecule has 142 valence electrons. The molecular weight excluding hydrogens is 300 g/mol. The van der Waals surface area contributed by atoms with Gasteiger partial charge in [-0.25, -0.2) is 0 Å². The van der Waals surface area contributed by atoms with Crippen molar-refractivity contribution in [2.24, 2.45) is 34.5 Å². The Morgan fingerprint density at radius 2 is 1.84 bits per heavy atom. The lowest BCUT2D eigenvalue weighted by atomic mass is 9.53. The summed E-state index contributed by atoms with van der Waals surface area (Å²) in [7, 11) is 0. The second kappa shape index (κ2) is 7.45. The maximum absolute atomic E-state index is 2.68. The van der Waals surface area contributed by atoms with Gasteiger partial charge in [-0.05, 0) is 60.8 Å². The molecule has 0 heterocycles. The van der Waals surface area contributed by atoms with E-state index in [1.807, 2.05) is 13.8 Å². The van der Waals surface area contributed by atoms with E-state index in [-0.39, 0.29) is 7.43 Å². The first kappa shape index (κ1) is 20.5. The van der Waals surface area contributed by atoms with Crippen LogP contribution in [0.25, 0.3) is 0 Å². The first-order valence-electron chi connectivity index (χ1n) is 10.6. The lowest BCUT2D eigenvalue weighted by Gasteiger charge is -2.52. The van der Waals surface area contributed by atoms with E-state index in [2.05, 4.69) is 52.0 Å². The van der Waals surface area contributed by atoms with E-state index in [1.54, 1.807) is 11.1 Å². The van der Waals surface area contributed by atoms with Gasteiger partial charge in [0.15, 0.2) is 0 Å². The van der Waals surface area contributed by atoms with Crippen molar-refractivity contribution in [3.63, 3.8) is 0 Å². The molecule has 4 aliphatic carbocycles. The Labute approximate surface area is 157 Å². The maximum atomic E-state index is 2.68. The van der Waals surface area contributed by atoms with Crippen molar-refractivity contribution in [3.8, 4) is 0 Å². The van der Waals surface area contributed by atoms with Crippen molar-refractivity contribution >= 4 is 0 Å². The fraction of sp³-hybridized carbons (Fsp3) is 0.760. The van der Waals surface area contributed by atoms with E-state index in [1.165, 1.54) is 38.5 Å². The van der Waals surface area contributed by atoms with Gasteiger partial charge >= 0.3 is 0 Å². The fourth-order valence-electron chi connectivity index (χ4n) is 6.43. The van der Waals surface area contributed by atoms with Crippen LogP contribution in [0.4, 0.5) is 0 Å². The molecule has 0 aliphatic heterocycles. The van der Waals surface area contributed by atoms with Gasteiger partial charge in [0.05, 0.1) is 0 Å². The zero-order valence-electron chi connectivity index (χ0n) is 16.9. The topological polar surface area (TPSA) is 0 Å². The molecule has 0 nitrogen and oxygen atoms in total. The van der Waals surface area contributed by atoms with Gasteiger partial charge in [0, 0.05) is 11.3 Å². The third-order valence-corrected chi connectivity index (χ3v) is 7.97. The summed E-state index contributed by atoms with van der Waals surface area (Å²) in [6, 6.07) is 0. The molecule has 1 saturated carbocycles. The van der Waals surface area contributed by atoms with Crippen LogP contribution >= 0.6 is 0 Å². The summed E-state index contributed by atoms with van der Waals surface area (Å²) in [4.78, 5) is 0. The largest absolute Gasteiger partial charge is 0.0833 e. The van der Waals surface area contributed by atoms with Crippen LogP contribution in [0.3, 0.4) is 0 Å². The van der Waals surface area contributed by atoms with Gasteiger partial charge in [0.25, 0.3) is 0 Å². The number of allylic oxidation sites excluding steroid dienone is 6. The molecular formula is C25H42. The molecule has 0 aromatic rings. The standard InChI is InChI=1S/C22H32.C2H6.CH4/c1-5-16-7-9-19-18-8-6-17-14-15(2)10-12-22(17,4)20(18)11-13-21(16,19)3;1-2;/h6,8,11,14-16,18-19H,5,7,9-10,12-13H2,1-4H3;1-2H3;1H4. The minimum absolute atomic E-state index is 0. The van der Waals surface area contributed by atoms with Crippen LogP contribution in [-0.4, -0.2) is 0 Å². The van der Waals surface area contributed by atoms with E-state index in [9.17, 15) is 0 Å². The van der Waals surface area contributed by atoms with Crippen molar-refractivity contribution in [3.05, 3.63) is 35.5 Å². The second-order valence-electron chi connectivity index (χ2n) is 9.01. The molecule has 25 heavy (non-hydrogen) atoms. The van der Waals surface area contributed by atoms with Gasteiger partial charge in [0.1, 0.15) is 0 Å². The van der Waals surface area contributed by atoms with E-state index in [0.717, 1.165) is 23.7 Å². The first-order valence-corrected chi connectivity index (χ1v) is 10.6. The summed E-state index contributed by atoms with van der Waals surface area (Å²) in [6.45, 7) is 13.9. The Hall–Kier alpha value is -0.780. The molecule has 6 unspecified atom stereocenters. The van der Waals surface area contributed by atoms with Gasteiger partial charge in [-0.1, -0.05) is 85.3 Å². The summed E-state index contributed by atoms with van der Waals surface area (Å²) < 4.78 is 0. The van der Waals surface area contributed by atoms with Crippen LogP contribution in [0.1, 0.15) is 87.5 Å². The predicted molar refractivity (Wildman–Crippen MR) is 113 cm³/mol. The van der Waals surface area contributed by atoms with Crippen LogP contribution < -0.4 is 0 Å². The summed E-state index contributed by atoms with van der Waals surface area (Å²) in [5.74, 6) is 3.33. The van der Waals surface area contributed by atoms with Crippen molar-refractivity contribution in [2.45, 2.75) is 87.5 Å². The highest BCUT2D eigenvalue weighted by Crippen LogP contribution is 2.63. The average molecular weight is 343 g/mol. The highest BCUT2D eigenvalue weighted by Gasteiger charge is 2.54. The number of hydrogen-bond donors (Lipinski definition) is 0. The third-order valence-electron chi connectivity index (χ3n) is 7.97. The lowest BCUT2D eigenvalue weighted by Crippen LogP contribution is -2.42. The smallest absolute Gasteiger partial charge is 0.0136 e. The summed E-state index contributed by atoms with van der Waals surface area (Å²) >= 11 is 0. The van der Waals surface area contributed by atoms with Gasteiger partial charge < -0.3 is 0 Å². The van der Waals surface area contributed by atoms with E-state index in [0.29, 0.717) is 10.8 Å². The summed E-state index contributed by atoms with van der Waals surface area (Å²) in [5, 5.41) is 0. The molecule has 4 rings (SSSR count). The second-order valence-corrected chi connectivity index (χ2v) is 9.01. The molecule has 0 amide bonds. The van der Waals surface area contributed by atoms with Crippen LogP contribution in [0.5, 0.6) is 0 Å². The van der Waals surface area contributed by atoms with Crippen LogP contribution in [0.2, 0.25) is 0 Å². The Morgan fingerprint density at radius 1 is 1.12 bits per heavy atom. The summed E-state index contributed by atoms with van der Waals surface area (Å²) in [5.41, 5.74) is 4.31. The molecule has 0 aromatic heterocycles. The molecule has 0 saturated heterocycles. The monoisotopic (exact) mass is 342 g/mol. The number of fused-ring (bicyclic) bond motifs is 5. The molecule has 0 bridgehead atoms. The summed E-state index contributed by atoms with van der Waals surface area (Å²) in [6.07, 6.45) is 18.6. The van der Waals surface area contributed by atoms with Crippen molar-refractivity contribution < 1.29 is 0 Å². The maximum Gasteiger partial charge on any atom is 0.0136 e. The van der Waals surface area contributed by atoms with E-state index >= 15 is 0 Å².